The summed E-state index contributed by atoms with van der Waals surface area (Å²) in [5.74, 6) is -0.912. The van der Waals surface area contributed by atoms with Crippen molar-refractivity contribution in [1.82, 2.24) is 0 Å². The van der Waals surface area contributed by atoms with Gasteiger partial charge < -0.3 is 16.6 Å². The Morgan fingerprint density at radius 1 is 1.32 bits per heavy atom. The minimum absolute atomic E-state index is 0.0146. The zero-order valence-electron chi connectivity index (χ0n) is 11.0. The summed E-state index contributed by atoms with van der Waals surface area (Å²) in [6.07, 6.45) is 12.5. The van der Waals surface area contributed by atoms with Gasteiger partial charge in [0.15, 0.2) is 0 Å². The molecule has 5 N–H and O–H groups in total. The van der Waals surface area contributed by atoms with Crippen LogP contribution >= 0.6 is 0 Å². The van der Waals surface area contributed by atoms with Crippen molar-refractivity contribution >= 4 is 5.97 Å². The lowest BCUT2D eigenvalue weighted by molar-refractivity contribution is -0.147. The number of hydrogen-bond donors (Lipinski definition) is 3. The molecule has 0 saturated carbocycles. The van der Waals surface area contributed by atoms with Crippen LogP contribution in [-0.2, 0) is 4.79 Å². The summed E-state index contributed by atoms with van der Waals surface area (Å²) in [6, 6.07) is -0.0146. The van der Waals surface area contributed by atoms with Crippen molar-refractivity contribution in [1.29, 1.82) is 0 Å². The first-order valence-corrected chi connectivity index (χ1v) is 6.46. The molecule has 3 atom stereocenters. The number of carboxylic acid groups (broad SMARTS) is 1. The summed E-state index contributed by atoms with van der Waals surface area (Å²) < 4.78 is 0. The van der Waals surface area contributed by atoms with E-state index in [4.69, 9.17) is 11.5 Å². The minimum atomic E-state index is -0.940. The Morgan fingerprint density at radius 2 is 2.05 bits per heavy atom. The molecule has 0 aromatic rings. The number of hydrogen-bond acceptors (Lipinski definition) is 3. The van der Waals surface area contributed by atoms with Gasteiger partial charge in [-0.3, -0.25) is 4.79 Å². The van der Waals surface area contributed by atoms with E-state index in [0.717, 1.165) is 5.57 Å². The highest BCUT2D eigenvalue weighted by atomic mass is 16.4. The van der Waals surface area contributed by atoms with Crippen LogP contribution in [0, 0.1) is 11.3 Å². The molecule has 2 rings (SSSR count). The molecule has 0 aliphatic heterocycles. The number of allylic oxidation sites excluding steroid dienone is 4. The fourth-order valence-electron chi connectivity index (χ4n) is 2.58. The van der Waals surface area contributed by atoms with Crippen molar-refractivity contribution in [2.45, 2.75) is 25.8 Å². The average Bonchev–Trinajstić information content (AvgIpc) is 2.39. The van der Waals surface area contributed by atoms with E-state index in [0.29, 0.717) is 18.5 Å². The van der Waals surface area contributed by atoms with Gasteiger partial charge in [0.1, 0.15) is 0 Å². The molecule has 102 valence electrons. The monoisotopic (exact) mass is 260 g/mol. The maximum atomic E-state index is 11.8. The predicted octanol–water partition coefficient (Wildman–Crippen LogP) is 1.71. The molecule has 0 radical (unpaired) electrons. The average molecular weight is 260 g/mol. The van der Waals surface area contributed by atoms with Crippen molar-refractivity contribution < 1.29 is 9.90 Å². The quantitative estimate of drug-likeness (QED) is 0.720. The maximum Gasteiger partial charge on any atom is 0.314 e. The maximum absolute atomic E-state index is 11.8. The van der Waals surface area contributed by atoms with Crippen LogP contribution in [0.4, 0.5) is 0 Å². The van der Waals surface area contributed by atoms with E-state index in [1.807, 2.05) is 30.4 Å². The van der Waals surface area contributed by atoms with Crippen molar-refractivity contribution in [3.05, 3.63) is 47.7 Å². The second kappa shape index (κ2) is 5.05. The van der Waals surface area contributed by atoms with E-state index in [1.165, 1.54) is 0 Å². The van der Waals surface area contributed by atoms with Gasteiger partial charge in [0.2, 0.25) is 0 Å². The van der Waals surface area contributed by atoms with Crippen LogP contribution in [0.25, 0.3) is 0 Å². The molecule has 2 aliphatic carbocycles. The summed E-state index contributed by atoms with van der Waals surface area (Å²) in [4.78, 5) is 11.8. The van der Waals surface area contributed by atoms with Gasteiger partial charge in [0, 0.05) is 17.7 Å². The highest BCUT2D eigenvalue weighted by Gasteiger charge is 2.43. The van der Waals surface area contributed by atoms with Crippen LogP contribution in [-0.4, -0.2) is 17.1 Å². The van der Waals surface area contributed by atoms with Gasteiger partial charge in [-0.05, 0) is 31.4 Å². The molecule has 0 saturated heterocycles. The summed E-state index contributed by atoms with van der Waals surface area (Å²) in [7, 11) is 0. The third kappa shape index (κ3) is 2.49. The molecule has 4 nitrogen and oxygen atoms in total. The van der Waals surface area contributed by atoms with Crippen molar-refractivity contribution in [3.8, 4) is 0 Å². The molecule has 0 fully saturated rings. The number of carbonyl (C=O) groups is 1. The zero-order valence-corrected chi connectivity index (χ0v) is 11.0. The standard InChI is InChI=1S/C15H20N2O2/c1-15(14(18)19,10-2-6-12(16)7-3-10)11-4-8-13(17)9-5-11/h2-4,6,8-9,11-12H,5,7,16-17H2,1H3,(H,18,19). The zero-order chi connectivity index (χ0) is 14.0. The Morgan fingerprint density at radius 3 is 2.53 bits per heavy atom. The predicted molar refractivity (Wildman–Crippen MR) is 75.1 cm³/mol. The summed E-state index contributed by atoms with van der Waals surface area (Å²) in [5, 5.41) is 9.68. The largest absolute Gasteiger partial charge is 0.481 e. The molecule has 3 unspecified atom stereocenters. The summed E-state index contributed by atoms with van der Waals surface area (Å²) >= 11 is 0. The molecule has 0 heterocycles. The van der Waals surface area contributed by atoms with E-state index in [2.05, 4.69) is 0 Å². The van der Waals surface area contributed by atoms with Crippen LogP contribution in [0.3, 0.4) is 0 Å². The second-order valence-electron chi connectivity index (χ2n) is 5.33. The lowest BCUT2D eigenvalue weighted by Crippen LogP contribution is -2.38. The summed E-state index contributed by atoms with van der Waals surface area (Å²) in [5.41, 5.74) is 12.1. The minimum Gasteiger partial charge on any atom is -0.481 e. The molecule has 2 aliphatic rings. The Kier molecular flexibility index (Phi) is 3.62. The molecule has 0 amide bonds. The van der Waals surface area contributed by atoms with Crippen molar-refractivity contribution in [2.75, 3.05) is 0 Å². The fraction of sp³-hybridized carbons (Fsp3) is 0.400. The van der Waals surface area contributed by atoms with E-state index >= 15 is 0 Å². The van der Waals surface area contributed by atoms with Gasteiger partial charge in [-0.1, -0.05) is 30.4 Å². The molecular formula is C15H20N2O2. The highest BCUT2D eigenvalue weighted by Crippen LogP contribution is 2.42. The molecule has 0 bridgehead atoms. The lowest BCUT2D eigenvalue weighted by atomic mass is 9.67. The lowest BCUT2D eigenvalue weighted by Gasteiger charge is -2.35. The first-order valence-electron chi connectivity index (χ1n) is 6.46. The van der Waals surface area contributed by atoms with Crippen LogP contribution in [0.2, 0.25) is 0 Å². The number of nitrogens with two attached hydrogens (primary N) is 2. The Bertz CT molecular complexity index is 502. The Balaban J connectivity index is 2.32. The van der Waals surface area contributed by atoms with Crippen LogP contribution in [0.5, 0.6) is 0 Å². The topological polar surface area (TPSA) is 89.3 Å². The third-order valence-corrected chi connectivity index (χ3v) is 4.05. The van der Waals surface area contributed by atoms with Crippen molar-refractivity contribution in [2.24, 2.45) is 22.8 Å². The molecule has 0 spiro atoms. The number of aliphatic carboxylic acids is 1. The molecule has 19 heavy (non-hydrogen) atoms. The van der Waals surface area contributed by atoms with Crippen LogP contribution in [0.1, 0.15) is 19.8 Å². The van der Waals surface area contributed by atoms with Gasteiger partial charge in [-0.25, -0.2) is 0 Å². The smallest absolute Gasteiger partial charge is 0.314 e. The number of rotatable bonds is 3. The fourth-order valence-corrected chi connectivity index (χ4v) is 2.58. The van der Waals surface area contributed by atoms with E-state index in [-0.39, 0.29) is 12.0 Å². The SMILES string of the molecule is CC(C(=O)O)(C1=CCC(N)C=C1)C1C=CC(N)=CC1. The first kappa shape index (κ1) is 13.6. The Hall–Kier alpha value is -1.81. The van der Waals surface area contributed by atoms with Gasteiger partial charge in [0.05, 0.1) is 5.41 Å². The summed E-state index contributed by atoms with van der Waals surface area (Å²) in [6.45, 7) is 1.77. The van der Waals surface area contributed by atoms with Gasteiger partial charge in [0.25, 0.3) is 0 Å². The van der Waals surface area contributed by atoms with E-state index in [9.17, 15) is 9.90 Å². The third-order valence-electron chi connectivity index (χ3n) is 4.05. The molecule has 0 aromatic heterocycles. The van der Waals surface area contributed by atoms with Gasteiger partial charge in [-0.2, -0.15) is 0 Å². The Labute approximate surface area is 113 Å². The van der Waals surface area contributed by atoms with Crippen LogP contribution < -0.4 is 11.5 Å². The van der Waals surface area contributed by atoms with Gasteiger partial charge >= 0.3 is 5.97 Å². The number of carboxylic acids is 1. The van der Waals surface area contributed by atoms with Gasteiger partial charge in [-0.15, -0.1) is 0 Å². The van der Waals surface area contributed by atoms with E-state index in [1.54, 1.807) is 13.0 Å². The van der Waals surface area contributed by atoms with Crippen LogP contribution in [0.15, 0.2) is 47.7 Å². The molecule has 0 aromatic carbocycles. The second-order valence-corrected chi connectivity index (χ2v) is 5.33. The molecular weight excluding hydrogens is 240 g/mol. The van der Waals surface area contributed by atoms with E-state index < -0.39 is 11.4 Å². The first-order chi connectivity index (χ1) is 8.94. The molecule has 4 heteroatoms. The van der Waals surface area contributed by atoms with Crippen molar-refractivity contribution in [3.63, 3.8) is 0 Å². The normalized spacial score (nSPS) is 29.4. The highest BCUT2D eigenvalue weighted by molar-refractivity contribution is 5.80.